The molecule has 2 amide bonds. The Morgan fingerprint density at radius 1 is 1.53 bits per heavy atom. The molecule has 1 aromatic heterocycles. The fourth-order valence-corrected chi connectivity index (χ4v) is 1.63. The SMILES string of the molecule is CCN(CCC(=O)O)C(=O)NC(C)c1cccnc1. The van der Waals surface area contributed by atoms with E-state index in [1.54, 1.807) is 18.5 Å². The molecule has 0 saturated heterocycles. The molecule has 6 nitrogen and oxygen atoms in total. The maximum absolute atomic E-state index is 12.0. The Balaban J connectivity index is 2.54. The predicted octanol–water partition coefficient (Wildman–Crippen LogP) is 1.65. The van der Waals surface area contributed by atoms with Crippen molar-refractivity contribution < 1.29 is 14.7 Å². The van der Waals surface area contributed by atoms with Gasteiger partial charge in [-0.05, 0) is 25.5 Å². The number of hydrogen-bond donors (Lipinski definition) is 2. The van der Waals surface area contributed by atoms with Crippen molar-refractivity contribution in [2.24, 2.45) is 0 Å². The van der Waals surface area contributed by atoms with Crippen LogP contribution in [-0.2, 0) is 4.79 Å². The molecule has 0 radical (unpaired) electrons. The lowest BCUT2D eigenvalue weighted by Crippen LogP contribution is -2.41. The topological polar surface area (TPSA) is 82.5 Å². The second-order valence-electron chi connectivity index (χ2n) is 4.18. The van der Waals surface area contributed by atoms with Gasteiger partial charge in [-0.25, -0.2) is 4.79 Å². The molecular weight excluding hydrogens is 246 g/mol. The lowest BCUT2D eigenvalue weighted by atomic mass is 10.1. The first-order valence-electron chi connectivity index (χ1n) is 6.21. The molecule has 0 saturated carbocycles. The van der Waals surface area contributed by atoms with Gasteiger partial charge in [0.05, 0.1) is 12.5 Å². The molecule has 2 N–H and O–H groups in total. The quantitative estimate of drug-likeness (QED) is 0.819. The third-order valence-corrected chi connectivity index (χ3v) is 2.79. The van der Waals surface area contributed by atoms with Crippen LogP contribution in [0.3, 0.4) is 0 Å². The molecule has 0 bridgehead atoms. The lowest BCUT2D eigenvalue weighted by Gasteiger charge is -2.23. The van der Waals surface area contributed by atoms with Crippen LogP contribution < -0.4 is 5.32 Å². The minimum absolute atomic E-state index is 0.0530. The van der Waals surface area contributed by atoms with Crippen LogP contribution in [0.15, 0.2) is 24.5 Å². The Labute approximate surface area is 112 Å². The van der Waals surface area contributed by atoms with E-state index in [0.717, 1.165) is 5.56 Å². The molecule has 104 valence electrons. The van der Waals surface area contributed by atoms with Crippen molar-refractivity contribution in [1.82, 2.24) is 15.2 Å². The van der Waals surface area contributed by atoms with E-state index in [2.05, 4.69) is 10.3 Å². The van der Waals surface area contributed by atoms with E-state index in [4.69, 9.17) is 5.11 Å². The number of nitrogens with one attached hydrogen (secondary N) is 1. The molecule has 0 fully saturated rings. The number of rotatable bonds is 6. The normalized spacial score (nSPS) is 11.7. The number of amides is 2. The summed E-state index contributed by atoms with van der Waals surface area (Å²) in [7, 11) is 0. The molecular formula is C13H19N3O3. The highest BCUT2D eigenvalue weighted by atomic mass is 16.4. The second kappa shape index (κ2) is 7.35. The zero-order chi connectivity index (χ0) is 14.3. The maximum Gasteiger partial charge on any atom is 0.317 e. The van der Waals surface area contributed by atoms with Crippen LogP contribution in [0.2, 0.25) is 0 Å². The Bertz CT molecular complexity index is 422. The number of aliphatic carboxylic acids is 1. The standard InChI is InChI=1S/C13H19N3O3/c1-3-16(8-6-12(17)18)13(19)15-10(2)11-5-4-7-14-9-11/h4-5,7,9-10H,3,6,8H2,1-2H3,(H,15,19)(H,17,18). The third kappa shape index (κ3) is 4.95. The third-order valence-electron chi connectivity index (χ3n) is 2.79. The highest BCUT2D eigenvalue weighted by Crippen LogP contribution is 2.10. The summed E-state index contributed by atoms with van der Waals surface area (Å²) in [4.78, 5) is 28.0. The molecule has 1 unspecified atom stereocenters. The average Bonchev–Trinajstić information content (AvgIpc) is 2.40. The number of carboxylic acid groups (broad SMARTS) is 1. The van der Waals surface area contributed by atoms with Gasteiger partial charge in [0.2, 0.25) is 0 Å². The van der Waals surface area contributed by atoms with Gasteiger partial charge in [0.15, 0.2) is 0 Å². The van der Waals surface area contributed by atoms with E-state index in [0.29, 0.717) is 6.54 Å². The Morgan fingerprint density at radius 2 is 2.26 bits per heavy atom. The van der Waals surface area contributed by atoms with Crippen molar-refractivity contribution in [3.8, 4) is 0 Å². The number of carboxylic acids is 1. The van der Waals surface area contributed by atoms with Gasteiger partial charge in [-0.1, -0.05) is 6.07 Å². The molecule has 0 aliphatic heterocycles. The number of nitrogens with zero attached hydrogens (tertiary/aromatic N) is 2. The van der Waals surface area contributed by atoms with Gasteiger partial charge in [-0.3, -0.25) is 9.78 Å². The highest BCUT2D eigenvalue weighted by molar-refractivity contribution is 5.75. The van der Waals surface area contributed by atoms with Gasteiger partial charge in [0.25, 0.3) is 0 Å². The summed E-state index contributed by atoms with van der Waals surface area (Å²) >= 11 is 0. The van der Waals surface area contributed by atoms with Crippen molar-refractivity contribution in [3.05, 3.63) is 30.1 Å². The van der Waals surface area contributed by atoms with Gasteiger partial charge in [-0.15, -0.1) is 0 Å². The number of carbonyl (C=O) groups excluding carboxylic acids is 1. The maximum atomic E-state index is 12.0. The molecule has 6 heteroatoms. The van der Waals surface area contributed by atoms with Crippen molar-refractivity contribution in [2.45, 2.75) is 26.3 Å². The number of urea groups is 1. The zero-order valence-corrected chi connectivity index (χ0v) is 11.2. The first-order valence-corrected chi connectivity index (χ1v) is 6.21. The van der Waals surface area contributed by atoms with E-state index in [9.17, 15) is 9.59 Å². The molecule has 0 aliphatic rings. The molecule has 0 aliphatic carbocycles. The molecule has 1 heterocycles. The van der Waals surface area contributed by atoms with E-state index >= 15 is 0 Å². The van der Waals surface area contributed by atoms with Crippen molar-refractivity contribution >= 4 is 12.0 Å². The van der Waals surface area contributed by atoms with Crippen LogP contribution >= 0.6 is 0 Å². The fourth-order valence-electron chi connectivity index (χ4n) is 1.63. The summed E-state index contributed by atoms with van der Waals surface area (Å²) in [6.07, 6.45) is 3.31. The van der Waals surface area contributed by atoms with E-state index in [-0.39, 0.29) is 25.0 Å². The van der Waals surface area contributed by atoms with Gasteiger partial charge < -0.3 is 15.3 Å². The van der Waals surface area contributed by atoms with Gasteiger partial charge >= 0.3 is 12.0 Å². The van der Waals surface area contributed by atoms with Crippen molar-refractivity contribution in [1.29, 1.82) is 0 Å². The Kier molecular flexibility index (Phi) is 5.78. The van der Waals surface area contributed by atoms with Gasteiger partial charge in [0, 0.05) is 25.5 Å². The van der Waals surface area contributed by atoms with Crippen LogP contribution in [-0.4, -0.2) is 40.1 Å². The monoisotopic (exact) mass is 265 g/mol. The predicted molar refractivity (Wildman–Crippen MR) is 70.7 cm³/mol. The summed E-state index contributed by atoms with van der Waals surface area (Å²) in [5.41, 5.74) is 0.908. The number of pyridine rings is 1. The average molecular weight is 265 g/mol. The molecule has 1 aromatic rings. The van der Waals surface area contributed by atoms with E-state index in [1.807, 2.05) is 19.9 Å². The van der Waals surface area contributed by atoms with Crippen LogP contribution in [0.5, 0.6) is 0 Å². The molecule has 1 atom stereocenters. The van der Waals surface area contributed by atoms with Crippen LogP contribution in [0.4, 0.5) is 4.79 Å². The number of carbonyl (C=O) groups is 2. The number of hydrogen-bond acceptors (Lipinski definition) is 3. The zero-order valence-electron chi connectivity index (χ0n) is 11.2. The summed E-state index contributed by atoms with van der Waals surface area (Å²) in [6.45, 7) is 4.35. The number of aromatic nitrogens is 1. The summed E-state index contributed by atoms with van der Waals surface area (Å²) in [5, 5.41) is 11.5. The van der Waals surface area contributed by atoms with Crippen LogP contribution in [0.25, 0.3) is 0 Å². The lowest BCUT2D eigenvalue weighted by molar-refractivity contribution is -0.137. The summed E-state index contributed by atoms with van der Waals surface area (Å²) in [5.74, 6) is -0.911. The van der Waals surface area contributed by atoms with Crippen LogP contribution in [0, 0.1) is 0 Å². The highest BCUT2D eigenvalue weighted by Gasteiger charge is 2.15. The van der Waals surface area contributed by atoms with Crippen LogP contribution in [0.1, 0.15) is 31.9 Å². The molecule has 0 spiro atoms. The Hall–Kier alpha value is -2.11. The molecule has 19 heavy (non-hydrogen) atoms. The first kappa shape index (κ1) is 14.9. The van der Waals surface area contributed by atoms with Gasteiger partial charge in [0.1, 0.15) is 0 Å². The fraction of sp³-hybridized carbons (Fsp3) is 0.462. The van der Waals surface area contributed by atoms with E-state index in [1.165, 1.54) is 4.90 Å². The molecule has 1 rings (SSSR count). The van der Waals surface area contributed by atoms with Crippen molar-refractivity contribution in [2.75, 3.05) is 13.1 Å². The Morgan fingerprint density at radius 3 is 2.79 bits per heavy atom. The van der Waals surface area contributed by atoms with Crippen molar-refractivity contribution in [3.63, 3.8) is 0 Å². The second-order valence-corrected chi connectivity index (χ2v) is 4.18. The summed E-state index contributed by atoms with van der Waals surface area (Å²) in [6, 6.07) is 3.26. The largest absolute Gasteiger partial charge is 0.481 e. The van der Waals surface area contributed by atoms with Gasteiger partial charge in [-0.2, -0.15) is 0 Å². The first-order chi connectivity index (χ1) is 9.04. The molecule has 0 aromatic carbocycles. The van der Waals surface area contributed by atoms with E-state index < -0.39 is 5.97 Å². The smallest absolute Gasteiger partial charge is 0.317 e. The summed E-state index contributed by atoms with van der Waals surface area (Å²) < 4.78 is 0. The minimum atomic E-state index is -0.911. The minimum Gasteiger partial charge on any atom is -0.481 e.